The minimum absolute atomic E-state index is 0.0508. The van der Waals surface area contributed by atoms with Gasteiger partial charge >= 0.3 is 5.97 Å². The molecule has 1 heterocycles. The first-order chi connectivity index (χ1) is 30.8. The summed E-state index contributed by atoms with van der Waals surface area (Å²) in [5.41, 5.74) is 6.66. The molecule has 332 valence electrons. The molecule has 1 aliphatic heterocycles. The quantitative estimate of drug-likeness (QED) is 0.0245. The van der Waals surface area contributed by atoms with Crippen LogP contribution in [0.1, 0.15) is 74.3 Å². The van der Waals surface area contributed by atoms with Crippen molar-refractivity contribution in [2.45, 2.75) is 91.2 Å². The van der Waals surface area contributed by atoms with E-state index in [9.17, 15) is 18.8 Å². The number of hydrogen-bond donors (Lipinski definition) is 0. The molecule has 0 N–H and O–H groups in total. The maximum Gasteiger partial charge on any atom is 0.331 e. The van der Waals surface area contributed by atoms with Gasteiger partial charge in [0, 0.05) is 36.6 Å². The van der Waals surface area contributed by atoms with E-state index in [1.807, 2.05) is 78.9 Å². The van der Waals surface area contributed by atoms with Crippen LogP contribution in [0.25, 0.3) is 11.1 Å². The molecule has 1 aliphatic rings. The molecule has 12 heteroatoms. The molecule has 6 rings (SSSR count). The largest absolute Gasteiger partial charge is 0.493 e. The Hall–Kier alpha value is -6.40. The molecule has 0 bridgehead atoms. The Kier molecular flexibility index (Phi) is 17.4. The second-order valence-electron chi connectivity index (χ2n) is 15.3. The number of carbonyl (C=O) groups is 3. The van der Waals surface area contributed by atoms with Crippen molar-refractivity contribution in [3.05, 3.63) is 143 Å². The third kappa shape index (κ3) is 12.8. The molecule has 2 atom stereocenters. The van der Waals surface area contributed by atoms with E-state index in [4.69, 9.17) is 28.5 Å². The lowest BCUT2D eigenvalue weighted by Crippen LogP contribution is -2.42. The molecule has 5 aromatic carbocycles. The highest BCUT2D eigenvalue weighted by molar-refractivity contribution is 5.77. The zero-order chi connectivity index (χ0) is 44.4. The molecule has 0 radical (unpaired) electrons. The van der Waals surface area contributed by atoms with E-state index in [1.165, 1.54) is 19.1 Å². The Morgan fingerprint density at radius 3 is 2.16 bits per heavy atom. The van der Waals surface area contributed by atoms with Crippen molar-refractivity contribution in [1.29, 1.82) is 0 Å². The van der Waals surface area contributed by atoms with Crippen LogP contribution in [0.5, 0.6) is 23.0 Å². The standard InChI is InChI=1S/C51H57FN2O9/c1-4-14-44-46(58-29-13-30-59-47-32-48(61-33-38-15-8-6-9-16-38)45(31-40(47)5-2)41-19-23-43(52)24-20-41)25-21-42-22-26-49(63-50(42)44)53(35-55)27-12-28-60-51(57)37(3)54(36-56)62-34-39-17-10-7-11-18-39/h6-11,15-21,23-25,31-32,35-37,49H,4-5,12-14,22,26-30,33-34H2,1-3H3. The number of nitrogens with zero attached hydrogens (tertiary/aromatic N) is 2. The van der Waals surface area contributed by atoms with Crippen molar-refractivity contribution >= 4 is 18.8 Å². The number of benzene rings is 5. The number of fused-ring (bicyclic) bond motifs is 1. The molecule has 0 aliphatic carbocycles. The van der Waals surface area contributed by atoms with Gasteiger partial charge in [0.05, 0.1) is 19.8 Å². The summed E-state index contributed by atoms with van der Waals surface area (Å²) in [5, 5.41) is 0.944. The van der Waals surface area contributed by atoms with Crippen LogP contribution in [0.15, 0.2) is 109 Å². The topological polar surface area (TPSA) is 113 Å². The van der Waals surface area contributed by atoms with Crippen molar-refractivity contribution in [2.24, 2.45) is 0 Å². The Morgan fingerprint density at radius 2 is 1.49 bits per heavy atom. The molecule has 0 spiro atoms. The number of carbonyl (C=O) groups excluding carboxylic acids is 3. The predicted octanol–water partition coefficient (Wildman–Crippen LogP) is 9.46. The maximum absolute atomic E-state index is 13.8. The van der Waals surface area contributed by atoms with E-state index in [0.29, 0.717) is 57.8 Å². The van der Waals surface area contributed by atoms with Gasteiger partial charge in [-0.15, -0.1) is 0 Å². The van der Waals surface area contributed by atoms with Gasteiger partial charge in [-0.3, -0.25) is 14.4 Å². The Labute approximate surface area is 369 Å². The summed E-state index contributed by atoms with van der Waals surface area (Å²) < 4.78 is 44.9. The van der Waals surface area contributed by atoms with Crippen LogP contribution < -0.4 is 18.9 Å². The average Bonchev–Trinajstić information content (AvgIpc) is 3.32. The number of amides is 2. The van der Waals surface area contributed by atoms with Gasteiger partial charge in [0.15, 0.2) is 12.3 Å². The molecule has 0 saturated carbocycles. The van der Waals surface area contributed by atoms with Crippen molar-refractivity contribution < 1.29 is 47.3 Å². The number of halogens is 1. The number of rotatable bonds is 25. The highest BCUT2D eigenvalue weighted by Gasteiger charge is 2.29. The van der Waals surface area contributed by atoms with Gasteiger partial charge in [-0.05, 0) is 84.7 Å². The van der Waals surface area contributed by atoms with E-state index in [-0.39, 0.29) is 19.0 Å². The molecule has 0 aromatic heterocycles. The van der Waals surface area contributed by atoms with E-state index in [0.717, 1.165) is 93.3 Å². The lowest BCUT2D eigenvalue weighted by atomic mass is 9.97. The van der Waals surface area contributed by atoms with Gasteiger partial charge in [-0.2, -0.15) is 0 Å². The minimum Gasteiger partial charge on any atom is -0.493 e. The van der Waals surface area contributed by atoms with Crippen LogP contribution in [-0.4, -0.2) is 67.4 Å². The second kappa shape index (κ2) is 23.7. The summed E-state index contributed by atoms with van der Waals surface area (Å²) in [6.07, 6.45) is 5.40. The molecule has 2 unspecified atom stereocenters. The first-order valence-electron chi connectivity index (χ1n) is 21.8. The Morgan fingerprint density at radius 1 is 0.794 bits per heavy atom. The molecular weight excluding hydrogens is 804 g/mol. The van der Waals surface area contributed by atoms with Crippen molar-refractivity contribution in [1.82, 2.24) is 9.96 Å². The highest BCUT2D eigenvalue weighted by Crippen LogP contribution is 2.40. The SMILES string of the molecule is CCCc1c(OCCCOc2cc(OCc3ccccc3)c(-c3ccc(F)cc3)cc2CC)ccc2c1OC(N(C=O)CCCOC(=O)C(C)N(C=O)OCc1ccccc1)CC2. The molecule has 5 aromatic rings. The average molecular weight is 861 g/mol. The number of hydrogen-bond acceptors (Lipinski definition) is 9. The fourth-order valence-electron chi connectivity index (χ4n) is 7.35. The smallest absolute Gasteiger partial charge is 0.331 e. The summed E-state index contributed by atoms with van der Waals surface area (Å²) in [5.74, 6) is 1.96. The molecule has 2 amide bonds. The van der Waals surface area contributed by atoms with Gasteiger partial charge in [-0.25, -0.2) is 14.2 Å². The zero-order valence-corrected chi connectivity index (χ0v) is 36.3. The first kappa shape index (κ1) is 46.1. The molecule has 11 nitrogen and oxygen atoms in total. The van der Waals surface area contributed by atoms with Crippen LogP contribution >= 0.6 is 0 Å². The van der Waals surface area contributed by atoms with E-state index in [1.54, 1.807) is 17.0 Å². The van der Waals surface area contributed by atoms with Gasteiger partial charge < -0.3 is 28.6 Å². The van der Waals surface area contributed by atoms with Gasteiger partial charge in [0.2, 0.25) is 12.8 Å². The summed E-state index contributed by atoms with van der Waals surface area (Å²) in [7, 11) is 0. The molecule has 0 fully saturated rings. The number of hydroxylamine groups is 2. The van der Waals surface area contributed by atoms with Crippen LogP contribution in [0.2, 0.25) is 0 Å². The molecule has 63 heavy (non-hydrogen) atoms. The number of aryl methyl sites for hydroxylation is 2. The fourth-order valence-corrected chi connectivity index (χ4v) is 7.35. The van der Waals surface area contributed by atoms with Gasteiger partial charge in [0.1, 0.15) is 42.0 Å². The Balaban J connectivity index is 1.02. The fraction of sp³-hybridized carbons (Fsp3) is 0.353. The van der Waals surface area contributed by atoms with Gasteiger partial charge in [-0.1, -0.05) is 99.1 Å². The second-order valence-corrected chi connectivity index (χ2v) is 15.3. The summed E-state index contributed by atoms with van der Waals surface area (Å²) in [6, 6.07) is 32.8. The van der Waals surface area contributed by atoms with E-state index in [2.05, 4.69) is 19.9 Å². The lowest BCUT2D eigenvalue weighted by molar-refractivity contribution is -0.200. The van der Waals surface area contributed by atoms with E-state index >= 15 is 0 Å². The van der Waals surface area contributed by atoms with Crippen LogP contribution in [0.4, 0.5) is 4.39 Å². The van der Waals surface area contributed by atoms with Gasteiger partial charge in [0.25, 0.3) is 0 Å². The first-order valence-corrected chi connectivity index (χ1v) is 21.8. The predicted molar refractivity (Wildman–Crippen MR) is 238 cm³/mol. The molecular formula is C51H57FN2O9. The normalized spacial score (nSPS) is 13.5. The number of esters is 1. The third-order valence-electron chi connectivity index (χ3n) is 10.8. The summed E-state index contributed by atoms with van der Waals surface area (Å²) in [4.78, 5) is 43.8. The minimum atomic E-state index is -0.951. The van der Waals surface area contributed by atoms with E-state index < -0.39 is 18.2 Å². The Bertz CT molecular complexity index is 2220. The van der Waals surface area contributed by atoms with Crippen LogP contribution in [-0.2, 0) is 56.4 Å². The maximum atomic E-state index is 13.8. The summed E-state index contributed by atoms with van der Waals surface area (Å²) in [6.45, 7) is 7.39. The third-order valence-corrected chi connectivity index (χ3v) is 10.8. The monoisotopic (exact) mass is 860 g/mol. The van der Waals surface area contributed by atoms with Crippen LogP contribution in [0, 0.1) is 5.82 Å². The van der Waals surface area contributed by atoms with Crippen molar-refractivity contribution in [2.75, 3.05) is 26.4 Å². The molecule has 0 saturated heterocycles. The van der Waals surface area contributed by atoms with Crippen LogP contribution in [0.3, 0.4) is 0 Å². The van der Waals surface area contributed by atoms with Crippen molar-refractivity contribution in [3.8, 4) is 34.1 Å². The highest BCUT2D eigenvalue weighted by atomic mass is 19.1. The van der Waals surface area contributed by atoms with Crippen molar-refractivity contribution in [3.63, 3.8) is 0 Å². The summed E-state index contributed by atoms with van der Waals surface area (Å²) >= 11 is 0. The zero-order valence-electron chi connectivity index (χ0n) is 36.3. The number of ether oxygens (including phenoxy) is 5. The lowest BCUT2D eigenvalue weighted by Gasteiger charge is -2.34.